The van der Waals surface area contributed by atoms with Gasteiger partial charge in [0.15, 0.2) is 0 Å². The van der Waals surface area contributed by atoms with E-state index in [9.17, 15) is 0 Å². The summed E-state index contributed by atoms with van der Waals surface area (Å²) < 4.78 is 5.69. The molecular formula is C16H19ClN2O. The van der Waals surface area contributed by atoms with Gasteiger partial charge in [-0.15, -0.1) is 0 Å². The molecule has 0 aliphatic carbocycles. The van der Waals surface area contributed by atoms with Crippen molar-refractivity contribution in [2.24, 2.45) is 5.73 Å². The lowest BCUT2D eigenvalue weighted by Crippen LogP contribution is -2.18. The van der Waals surface area contributed by atoms with Crippen molar-refractivity contribution in [2.75, 3.05) is 0 Å². The van der Waals surface area contributed by atoms with Gasteiger partial charge in [-0.1, -0.05) is 23.7 Å². The van der Waals surface area contributed by atoms with Crippen LogP contribution in [-0.2, 0) is 13.0 Å². The molecular weight excluding hydrogens is 272 g/mol. The monoisotopic (exact) mass is 290 g/mol. The lowest BCUT2D eigenvalue weighted by Gasteiger charge is -2.09. The zero-order valence-electron chi connectivity index (χ0n) is 11.8. The SMILES string of the molecule is Cc1ccc(COc2ccc(CC(C)N)nc2)c(Cl)c1. The molecule has 3 nitrogen and oxygen atoms in total. The van der Waals surface area contributed by atoms with Gasteiger partial charge in [-0.25, -0.2) is 0 Å². The number of pyridine rings is 1. The molecule has 0 aliphatic heterocycles. The lowest BCUT2D eigenvalue weighted by atomic mass is 10.1. The maximum Gasteiger partial charge on any atom is 0.138 e. The fraction of sp³-hybridized carbons (Fsp3) is 0.312. The molecule has 4 heteroatoms. The Morgan fingerprint density at radius 3 is 2.70 bits per heavy atom. The number of aryl methyl sites for hydroxylation is 1. The van der Waals surface area contributed by atoms with Crippen LogP contribution in [0.2, 0.25) is 5.02 Å². The van der Waals surface area contributed by atoms with Crippen LogP contribution in [0.1, 0.15) is 23.7 Å². The summed E-state index contributed by atoms with van der Waals surface area (Å²) in [5, 5.41) is 0.728. The second-order valence-corrected chi connectivity index (χ2v) is 5.46. The zero-order chi connectivity index (χ0) is 14.5. The standard InChI is InChI=1S/C16H19ClN2O/c1-11-3-4-13(16(17)7-11)10-20-15-6-5-14(19-9-15)8-12(2)18/h3-7,9,12H,8,10,18H2,1-2H3. The smallest absolute Gasteiger partial charge is 0.138 e. The number of hydrogen-bond acceptors (Lipinski definition) is 3. The number of ether oxygens (including phenoxy) is 1. The second kappa shape index (κ2) is 6.73. The van der Waals surface area contributed by atoms with Crippen LogP contribution >= 0.6 is 11.6 Å². The molecule has 2 rings (SSSR count). The van der Waals surface area contributed by atoms with E-state index in [1.807, 2.05) is 44.2 Å². The van der Waals surface area contributed by atoms with Gasteiger partial charge in [-0.2, -0.15) is 0 Å². The molecule has 106 valence electrons. The van der Waals surface area contributed by atoms with Crippen molar-refractivity contribution >= 4 is 11.6 Å². The maximum absolute atomic E-state index is 6.17. The molecule has 1 atom stereocenters. The summed E-state index contributed by atoms with van der Waals surface area (Å²) in [7, 11) is 0. The molecule has 0 bridgehead atoms. The van der Waals surface area contributed by atoms with Crippen LogP contribution < -0.4 is 10.5 Å². The molecule has 0 saturated carbocycles. The Morgan fingerprint density at radius 1 is 1.30 bits per heavy atom. The summed E-state index contributed by atoms with van der Waals surface area (Å²) in [5.74, 6) is 0.732. The van der Waals surface area contributed by atoms with Gasteiger partial charge >= 0.3 is 0 Å². The predicted molar refractivity (Wildman–Crippen MR) is 82.1 cm³/mol. The van der Waals surface area contributed by atoms with Crippen molar-refractivity contribution < 1.29 is 4.74 Å². The fourth-order valence-corrected chi connectivity index (χ4v) is 2.17. The van der Waals surface area contributed by atoms with Crippen LogP contribution in [0.5, 0.6) is 5.75 Å². The molecule has 2 aromatic rings. The van der Waals surface area contributed by atoms with E-state index in [1.165, 1.54) is 0 Å². The Hall–Kier alpha value is -1.58. The van der Waals surface area contributed by atoms with E-state index in [2.05, 4.69) is 4.98 Å². The fourth-order valence-electron chi connectivity index (χ4n) is 1.88. The van der Waals surface area contributed by atoms with Crippen LogP contribution in [0.4, 0.5) is 0 Å². The number of nitrogens with two attached hydrogens (primary N) is 1. The van der Waals surface area contributed by atoms with Crippen LogP contribution in [-0.4, -0.2) is 11.0 Å². The average Bonchev–Trinajstić information content (AvgIpc) is 2.39. The molecule has 0 radical (unpaired) electrons. The largest absolute Gasteiger partial charge is 0.487 e. The van der Waals surface area contributed by atoms with Gasteiger partial charge in [0.1, 0.15) is 12.4 Å². The summed E-state index contributed by atoms with van der Waals surface area (Å²) in [6, 6.07) is 9.90. The minimum Gasteiger partial charge on any atom is -0.487 e. The first kappa shape index (κ1) is 14.8. The normalized spacial score (nSPS) is 12.2. The summed E-state index contributed by atoms with van der Waals surface area (Å²) >= 11 is 6.17. The van der Waals surface area contributed by atoms with E-state index < -0.39 is 0 Å². The Morgan fingerprint density at radius 2 is 2.10 bits per heavy atom. The van der Waals surface area contributed by atoms with E-state index in [0.717, 1.165) is 34.0 Å². The third kappa shape index (κ3) is 4.22. The van der Waals surface area contributed by atoms with E-state index in [-0.39, 0.29) is 6.04 Å². The van der Waals surface area contributed by atoms with Gasteiger partial charge in [-0.05, 0) is 37.6 Å². The van der Waals surface area contributed by atoms with Gasteiger partial charge < -0.3 is 10.5 Å². The molecule has 1 heterocycles. The number of aromatic nitrogens is 1. The first-order valence-electron chi connectivity index (χ1n) is 6.63. The number of nitrogens with zero attached hydrogens (tertiary/aromatic N) is 1. The van der Waals surface area contributed by atoms with Gasteiger partial charge in [0.05, 0.1) is 6.20 Å². The molecule has 1 aromatic carbocycles. The first-order chi connectivity index (χ1) is 9.54. The maximum atomic E-state index is 6.17. The Balaban J connectivity index is 1.96. The molecule has 1 unspecified atom stereocenters. The van der Waals surface area contributed by atoms with Crippen molar-refractivity contribution in [3.8, 4) is 5.75 Å². The topological polar surface area (TPSA) is 48.1 Å². The molecule has 0 aliphatic rings. The van der Waals surface area contributed by atoms with Crippen molar-refractivity contribution in [1.82, 2.24) is 4.98 Å². The van der Waals surface area contributed by atoms with Gasteiger partial charge in [0.2, 0.25) is 0 Å². The van der Waals surface area contributed by atoms with Gasteiger partial charge in [-0.3, -0.25) is 4.98 Å². The molecule has 2 N–H and O–H groups in total. The number of rotatable bonds is 5. The Bertz CT molecular complexity index is 567. The molecule has 1 aromatic heterocycles. The summed E-state index contributed by atoms with van der Waals surface area (Å²) in [6.45, 7) is 4.41. The Kier molecular flexibility index (Phi) is 4.99. The molecule has 0 fully saturated rings. The number of hydrogen-bond donors (Lipinski definition) is 1. The molecule has 0 amide bonds. The second-order valence-electron chi connectivity index (χ2n) is 5.05. The highest BCUT2D eigenvalue weighted by molar-refractivity contribution is 6.31. The van der Waals surface area contributed by atoms with Crippen molar-refractivity contribution in [1.29, 1.82) is 0 Å². The van der Waals surface area contributed by atoms with Crippen LogP contribution in [0.25, 0.3) is 0 Å². The molecule has 20 heavy (non-hydrogen) atoms. The highest BCUT2D eigenvalue weighted by atomic mass is 35.5. The van der Waals surface area contributed by atoms with E-state index >= 15 is 0 Å². The quantitative estimate of drug-likeness (QED) is 0.916. The van der Waals surface area contributed by atoms with Crippen molar-refractivity contribution in [3.63, 3.8) is 0 Å². The minimum absolute atomic E-state index is 0.112. The van der Waals surface area contributed by atoms with E-state index in [1.54, 1.807) is 6.20 Å². The Labute approximate surface area is 124 Å². The summed E-state index contributed by atoms with van der Waals surface area (Å²) in [6.07, 6.45) is 2.49. The van der Waals surface area contributed by atoms with Crippen molar-refractivity contribution in [2.45, 2.75) is 32.9 Å². The lowest BCUT2D eigenvalue weighted by molar-refractivity contribution is 0.305. The average molecular weight is 291 g/mol. The van der Waals surface area contributed by atoms with E-state index in [4.69, 9.17) is 22.1 Å². The van der Waals surface area contributed by atoms with Gasteiger partial charge in [0.25, 0.3) is 0 Å². The third-order valence-electron chi connectivity index (χ3n) is 2.93. The molecule has 0 saturated heterocycles. The van der Waals surface area contributed by atoms with Crippen LogP contribution in [0.15, 0.2) is 36.5 Å². The highest BCUT2D eigenvalue weighted by Crippen LogP contribution is 2.20. The van der Waals surface area contributed by atoms with Gasteiger partial charge in [0, 0.05) is 28.7 Å². The number of benzene rings is 1. The van der Waals surface area contributed by atoms with Crippen molar-refractivity contribution in [3.05, 3.63) is 58.4 Å². The third-order valence-corrected chi connectivity index (χ3v) is 3.28. The summed E-state index contributed by atoms with van der Waals surface area (Å²) in [5.41, 5.74) is 8.82. The molecule has 0 spiro atoms. The van der Waals surface area contributed by atoms with Crippen LogP contribution in [0, 0.1) is 6.92 Å². The minimum atomic E-state index is 0.112. The zero-order valence-corrected chi connectivity index (χ0v) is 12.5. The predicted octanol–water partition coefficient (Wildman–Crippen LogP) is 3.51. The van der Waals surface area contributed by atoms with Crippen LogP contribution in [0.3, 0.4) is 0 Å². The first-order valence-corrected chi connectivity index (χ1v) is 7.00. The summed E-state index contributed by atoms with van der Waals surface area (Å²) in [4.78, 5) is 4.33. The number of halogens is 1. The highest BCUT2D eigenvalue weighted by Gasteiger charge is 2.03. The van der Waals surface area contributed by atoms with E-state index in [0.29, 0.717) is 6.61 Å².